The van der Waals surface area contributed by atoms with Gasteiger partial charge >= 0.3 is 0 Å². The van der Waals surface area contributed by atoms with E-state index in [1.165, 1.54) is 0 Å². The summed E-state index contributed by atoms with van der Waals surface area (Å²) in [5.74, 6) is 2.35. The zero-order chi connectivity index (χ0) is 13.5. The molecule has 0 spiro atoms. The maximum absolute atomic E-state index is 4.22. The molecule has 19 heavy (non-hydrogen) atoms. The van der Waals surface area contributed by atoms with Gasteiger partial charge in [0.05, 0.1) is 0 Å². The zero-order valence-electron chi connectivity index (χ0n) is 11.4. The van der Waals surface area contributed by atoms with Crippen molar-refractivity contribution in [3.63, 3.8) is 0 Å². The van der Waals surface area contributed by atoms with Gasteiger partial charge in [-0.25, -0.2) is 9.97 Å². The Bertz CT molecular complexity index is 497. The van der Waals surface area contributed by atoms with Crippen molar-refractivity contribution in [2.24, 2.45) is 5.92 Å². The highest BCUT2D eigenvalue weighted by Crippen LogP contribution is 2.15. The summed E-state index contributed by atoms with van der Waals surface area (Å²) in [6, 6.07) is 11.9. The Labute approximate surface area is 114 Å². The Morgan fingerprint density at radius 2 is 1.79 bits per heavy atom. The Balaban J connectivity index is 1.95. The molecule has 0 aliphatic carbocycles. The van der Waals surface area contributed by atoms with Crippen molar-refractivity contribution in [2.75, 3.05) is 17.2 Å². The fourth-order valence-corrected chi connectivity index (χ4v) is 1.68. The largest absolute Gasteiger partial charge is 0.370 e. The summed E-state index contributed by atoms with van der Waals surface area (Å²) >= 11 is 0. The highest BCUT2D eigenvalue weighted by Gasteiger charge is 2.00. The Morgan fingerprint density at radius 1 is 1.05 bits per heavy atom. The van der Waals surface area contributed by atoms with Gasteiger partial charge in [-0.05, 0) is 24.5 Å². The average molecular weight is 256 g/mol. The first-order valence-corrected chi connectivity index (χ1v) is 6.62. The van der Waals surface area contributed by atoms with Crippen molar-refractivity contribution in [3.8, 4) is 0 Å². The number of hydrogen-bond donors (Lipinski definition) is 2. The van der Waals surface area contributed by atoms with E-state index in [1.54, 1.807) is 6.33 Å². The van der Waals surface area contributed by atoms with Crippen molar-refractivity contribution in [2.45, 2.75) is 20.3 Å². The van der Waals surface area contributed by atoms with E-state index in [-0.39, 0.29) is 0 Å². The zero-order valence-corrected chi connectivity index (χ0v) is 11.4. The van der Waals surface area contributed by atoms with Crippen LogP contribution in [-0.4, -0.2) is 16.5 Å². The summed E-state index contributed by atoms with van der Waals surface area (Å²) < 4.78 is 0. The highest BCUT2D eigenvalue weighted by atomic mass is 15.1. The fourth-order valence-electron chi connectivity index (χ4n) is 1.68. The summed E-state index contributed by atoms with van der Waals surface area (Å²) in [7, 11) is 0. The predicted octanol–water partition coefficient (Wildman–Crippen LogP) is 3.68. The minimum atomic E-state index is 0.691. The number of aromatic nitrogens is 2. The van der Waals surface area contributed by atoms with Crippen LogP contribution in [0.2, 0.25) is 0 Å². The number of hydrogen-bond acceptors (Lipinski definition) is 4. The number of nitrogens with zero attached hydrogens (tertiary/aromatic N) is 2. The van der Waals surface area contributed by atoms with Gasteiger partial charge in [0.2, 0.25) is 0 Å². The van der Waals surface area contributed by atoms with Gasteiger partial charge in [0.1, 0.15) is 18.0 Å². The number of benzene rings is 1. The minimum absolute atomic E-state index is 0.691. The molecule has 2 rings (SSSR count). The first kappa shape index (κ1) is 13.3. The molecular formula is C15H20N4. The van der Waals surface area contributed by atoms with Gasteiger partial charge in [-0.3, -0.25) is 0 Å². The molecule has 1 aromatic heterocycles. The fraction of sp³-hybridized carbons (Fsp3) is 0.333. The molecule has 0 fully saturated rings. The summed E-state index contributed by atoms with van der Waals surface area (Å²) in [4.78, 5) is 8.43. The number of para-hydroxylation sites is 1. The molecule has 4 nitrogen and oxygen atoms in total. The van der Waals surface area contributed by atoms with E-state index < -0.39 is 0 Å². The second kappa shape index (κ2) is 6.73. The third-order valence-corrected chi connectivity index (χ3v) is 2.74. The van der Waals surface area contributed by atoms with Crippen LogP contribution in [0.5, 0.6) is 0 Å². The van der Waals surface area contributed by atoms with E-state index in [1.807, 2.05) is 36.4 Å². The molecule has 0 aliphatic heterocycles. The third-order valence-electron chi connectivity index (χ3n) is 2.74. The second-order valence-electron chi connectivity index (χ2n) is 4.89. The lowest BCUT2D eigenvalue weighted by molar-refractivity contribution is 0.606. The maximum Gasteiger partial charge on any atom is 0.135 e. The second-order valence-corrected chi connectivity index (χ2v) is 4.89. The van der Waals surface area contributed by atoms with Gasteiger partial charge in [-0.2, -0.15) is 0 Å². The Morgan fingerprint density at radius 3 is 2.53 bits per heavy atom. The monoisotopic (exact) mass is 256 g/mol. The van der Waals surface area contributed by atoms with Crippen LogP contribution in [0.3, 0.4) is 0 Å². The van der Waals surface area contributed by atoms with Gasteiger partial charge in [-0.15, -0.1) is 0 Å². The van der Waals surface area contributed by atoms with Gasteiger partial charge in [0.15, 0.2) is 0 Å². The minimum Gasteiger partial charge on any atom is -0.370 e. The third kappa shape index (κ3) is 4.58. The van der Waals surface area contributed by atoms with E-state index >= 15 is 0 Å². The van der Waals surface area contributed by atoms with Crippen molar-refractivity contribution < 1.29 is 0 Å². The summed E-state index contributed by atoms with van der Waals surface area (Å²) in [6.45, 7) is 5.35. The van der Waals surface area contributed by atoms with E-state index in [4.69, 9.17) is 0 Å². The predicted molar refractivity (Wildman–Crippen MR) is 79.7 cm³/mol. The lowest BCUT2D eigenvalue weighted by Gasteiger charge is -2.09. The van der Waals surface area contributed by atoms with E-state index in [9.17, 15) is 0 Å². The lowest BCUT2D eigenvalue weighted by atomic mass is 10.1. The molecule has 4 heteroatoms. The van der Waals surface area contributed by atoms with E-state index in [0.717, 1.165) is 30.3 Å². The Kier molecular flexibility index (Phi) is 4.72. The van der Waals surface area contributed by atoms with Crippen LogP contribution in [0, 0.1) is 5.92 Å². The summed E-state index contributed by atoms with van der Waals surface area (Å²) in [6.07, 6.45) is 2.70. The van der Waals surface area contributed by atoms with Crippen molar-refractivity contribution >= 4 is 17.3 Å². The molecule has 1 heterocycles. The molecule has 1 aromatic carbocycles. The van der Waals surface area contributed by atoms with Crippen LogP contribution in [0.25, 0.3) is 0 Å². The van der Waals surface area contributed by atoms with Crippen LogP contribution < -0.4 is 10.6 Å². The molecule has 0 bridgehead atoms. The highest BCUT2D eigenvalue weighted by molar-refractivity contribution is 5.58. The van der Waals surface area contributed by atoms with Gasteiger partial charge in [-0.1, -0.05) is 32.0 Å². The van der Waals surface area contributed by atoms with Crippen LogP contribution in [0.15, 0.2) is 42.7 Å². The van der Waals surface area contributed by atoms with Crippen LogP contribution >= 0.6 is 0 Å². The van der Waals surface area contributed by atoms with Gasteiger partial charge in [0, 0.05) is 18.3 Å². The van der Waals surface area contributed by atoms with E-state index in [0.29, 0.717) is 5.92 Å². The molecule has 2 aromatic rings. The Hall–Kier alpha value is -2.10. The molecule has 0 saturated carbocycles. The van der Waals surface area contributed by atoms with Crippen molar-refractivity contribution in [1.82, 2.24) is 9.97 Å². The first-order chi connectivity index (χ1) is 9.24. The maximum atomic E-state index is 4.22. The molecular weight excluding hydrogens is 236 g/mol. The van der Waals surface area contributed by atoms with Crippen LogP contribution in [-0.2, 0) is 0 Å². The number of rotatable bonds is 6. The molecule has 100 valence electrons. The quantitative estimate of drug-likeness (QED) is 0.827. The van der Waals surface area contributed by atoms with Gasteiger partial charge < -0.3 is 10.6 Å². The normalized spacial score (nSPS) is 10.5. The topological polar surface area (TPSA) is 49.8 Å². The SMILES string of the molecule is CC(C)CCNc1cc(Nc2ccccc2)ncn1. The molecule has 0 saturated heterocycles. The molecule has 0 atom stereocenters. The molecule has 0 radical (unpaired) electrons. The van der Waals surface area contributed by atoms with Crippen LogP contribution in [0.1, 0.15) is 20.3 Å². The molecule has 2 N–H and O–H groups in total. The smallest absolute Gasteiger partial charge is 0.135 e. The summed E-state index contributed by atoms with van der Waals surface area (Å²) in [5, 5.41) is 6.56. The number of anilines is 3. The standard InChI is InChI=1S/C15H20N4/c1-12(2)8-9-16-14-10-15(18-11-17-14)19-13-6-4-3-5-7-13/h3-7,10-12H,8-9H2,1-2H3,(H2,16,17,18,19). The molecule has 0 amide bonds. The van der Waals surface area contributed by atoms with Crippen LogP contribution in [0.4, 0.5) is 17.3 Å². The van der Waals surface area contributed by atoms with Crippen molar-refractivity contribution in [3.05, 3.63) is 42.7 Å². The van der Waals surface area contributed by atoms with E-state index in [2.05, 4.69) is 34.4 Å². The molecule has 0 aliphatic rings. The summed E-state index contributed by atoms with van der Waals surface area (Å²) in [5.41, 5.74) is 1.02. The van der Waals surface area contributed by atoms with Crippen molar-refractivity contribution in [1.29, 1.82) is 0 Å². The van der Waals surface area contributed by atoms with Gasteiger partial charge in [0.25, 0.3) is 0 Å². The average Bonchev–Trinajstić information content (AvgIpc) is 2.40. The first-order valence-electron chi connectivity index (χ1n) is 6.62. The lowest BCUT2D eigenvalue weighted by Crippen LogP contribution is -2.06. The molecule has 0 unspecified atom stereocenters. The number of nitrogens with one attached hydrogen (secondary N) is 2.